The van der Waals surface area contributed by atoms with E-state index in [9.17, 15) is 27.9 Å². The number of carbonyl (C=O) groups excluding carboxylic acids is 2. The molecule has 4 heterocycles. The Morgan fingerprint density at radius 1 is 1.11 bits per heavy atom. The molecule has 1 N–H and O–H groups in total. The number of ether oxygens (including phenoxy) is 1. The lowest BCUT2D eigenvalue weighted by Gasteiger charge is -2.47. The molecule has 1 aromatic heterocycles. The van der Waals surface area contributed by atoms with Crippen molar-refractivity contribution in [2.45, 2.75) is 90.4 Å². The van der Waals surface area contributed by atoms with Crippen LogP contribution < -0.4 is 9.80 Å². The van der Waals surface area contributed by atoms with Crippen molar-refractivity contribution in [3.8, 4) is 0 Å². The summed E-state index contributed by atoms with van der Waals surface area (Å²) in [7, 11) is 1.88. The fourth-order valence-corrected chi connectivity index (χ4v) is 9.21. The minimum atomic E-state index is -4.65. The van der Waals surface area contributed by atoms with Crippen molar-refractivity contribution in [3.63, 3.8) is 0 Å². The molecule has 7 rings (SSSR count). The van der Waals surface area contributed by atoms with Crippen LogP contribution in [0.3, 0.4) is 0 Å². The van der Waals surface area contributed by atoms with E-state index in [-0.39, 0.29) is 35.5 Å². The molecule has 0 bridgehead atoms. The number of aliphatic hydroxyl groups is 1. The molecular weight excluding hydrogens is 699 g/mol. The molecule has 54 heavy (non-hydrogen) atoms. The predicted octanol–water partition coefficient (Wildman–Crippen LogP) is 6.54. The van der Waals surface area contributed by atoms with Gasteiger partial charge in [0.25, 0.3) is 0 Å². The number of aliphatic hydroxyl groups excluding tert-OH is 1. The van der Waals surface area contributed by atoms with Crippen LogP contribution in [-0.4, -0.2) is 80.0 Å². The number of halogens is 3. The van der Waals surface area contributed by atoms with Crippen LogP contribution in [0.15, 0.2) is 49.3 Å². The molecule has 0 radical (unpaired) electrons. The number of alkyl halides is 3. The van der Waals surface area contributed by atoms with Crippen LogP contribution in [0, 0.1) is 11.3 Å². The summed E-state index contributed by atoms with van der Waals surface area (Å²) in [6, 6.07) is 8.52. The van der Waals surface area contributed by atoms with E-state index in [0.29, 0.717) is 55.6 Å². The number of hydrogen-bond acceptors (Lipinski definition) is 8. The van der Waals surface area contributed by atoms with Crippen molar-refractivity contribution in [1.29, 1.82) is 0 Å². The van der Waals surface area contributed by atoms with Gasteiger partial charge in [-0.15, -0.1) is 10.2 Å². The Hall–Kier alpha value is -4.43. The summed E-state index contributed by atoms with van der Waals surface area (Å²) < 4.78 is 52.2. The normalized spacial score (nSPS) is 23.6. The summed E-state index contributed by atoms with van der Waals surface area (Å²) in [6.07, 6.45) is -1.26. The Bertz CT molecular complexity index is 1960. The van der Waals surface area contributed by atoms with Gasteiger partial charge in [0, 0.05) is 68.7 Å². The van der Waals surface area contributed by atoms with Crippen molar-refractivity contribution in [2.75, 3.05) is 42.5 Å². The number of benzene rings is 2. The first-order chi connectivity index (χ1) is 25.3. The second-order valence-electron chi connectivity index (χ2n) is 16.9. The maximum absolute atomic E-state index is 14.8. The number of carbonyl (C=O) groups is 2. The number of aryl methyl sites for hydroxylation is 1. The molecule has 2 saturated heterocycles. The summed E-state index contributed by atoms with van der Waals surface area (Å²) in [4.78, 5) is 32.6. The highest BCUT2D eigenvalue weighted by atomic mass is 19.4. The fourth-order valence-electron chi connectivity index (χ4n) is 9.21. The van der Waals surface area contributed by atoms with Gasteiger partial charge in [0.1, 0.15) is 17.8 Å². The monoisotopic (exact) mass is 749 g/mol. The van der Waals surface area contributed by atoms with Crippen LogP contribution in [0.5, 0.6) is 0 Å². The van der Waals surface area contributed by atoms with Crippen molar-refractivity contribution in [1.82, 2.24) is 24.6 Å². The highest BCUT2D eigenvalue weighted by molar-refractivity contribution is 5.89. The third kappa shape index (κ3) is 6.76. The third-order valence-electron chi connectivity index (χ3n) is 11.6. The minimum absolute atomic E-state index is 0.0286. The number of aromatic nitrogens is 3. The maximum atomic E-state index is 14.8. The zero-order valence-electron chi connectivity index (χ0n) is 31.9. The van der Waals surface area contributed by atoms with E-state index in [1.807, 2.05) is 30.7 Å². The second kappa shape index (κ2) is 13.4. The quantitative estimate of drug-likeness (QED) is 0.259. The van der Waals surface area contributed by atoms with Crippen LogP contribution in [0.2, 0.25) is 0 Å². The topological polar surface area (TPSA) is 107 Å². The fraction of sp³-hybridized carbons (Fsp3) is 0.550. The lowest BCUT2D eigenvalue weighted by Crippen LogP contribution is -2.59. The Balaban J connectivity index is 1.25. The molecule has 2 aromatic carbocycles. The third-order valence-corrected chi connectivity index (χ3v) is 11.6. The summed E-state index contributed by atoms with van der Waals surface area (Å²) in [5, 5.41) is 20.6. The van der Waals surface area contributed by atoms with Crippen LogP contribution >= 0.6 is 0 Å². The van der Waals surface area contributed by atoms with Gasteiger partial charge in [0.05, 0.1) is 11.0 Å². The molecule has 3 aromatic rings. The Labute approximate surface area is 314 Å². The average Bonchev–Trinajstić information content (AvgIpc) is 3.78. The number of nitrogens with zero attached hydrogens (tertiary/aromatic N) is 7. The molecule has 1 saturated carbocycles. The largest absolute Gasteiger partial charge is 0.443 e. The summed E-state index contributed by atoms with van der Waals surface area (Å²) in [5.74, 6) is 1.02. The van der Waals surface area contributed by atoms with E-state index in [1.165, 1.54) is 17.0 Å². The van der Waals surface area contributed by atoms with E-state index >= 15 is 0 Å². The number of amides is 2. The van der Waals surface area contributed by atoms with E-state index in [4.69, 9.17) is 4.74 Å². The lowest BCUT2D eigenvalue weighted by molar-refractivity contribution is -0.138. The van der Waals surface area contributed by atoms with Gasteiger partial charge in [-0.05, 0) is 113 Å². The Morgan fingerprint density at radius 3 is 2.43 bits per heavy atom. The van der Waals surface area contributed by atoms with Gasteiger partial charge < -0.3 is 24.2 Å². The highest BCUT2D eigenvalue weighted by Crippen LogP contribution is 2.54. The molecular formula is C40H50F3N7O4. The van der Waals surface area contributed by atoms with Crippen LogP contribution in [0.25, 0.3) is 0 Å². The second-order valence-corrected chi connectivity index (χ2v) is 16.9. The minimum Gasteiger partial charge on any atom is -0.443 e. The zero-order chi connectivity index (χ0) is 39.0. The lowest BCUT2D eigenvalue weighted by atomic mass is 9.58. The van der Waals surface area contributed by atoms with E-state index in [1.54, 1.807) is 49.0 Å². The molecule has 3 aliphatic heterocycles. The standard InChI is InChI=1S/C40H50F3N7O4/c1-8-33(51)48-22-38(23-48)10-11-47(21-38)19-26-12-30-31(32(13-26)40(41,42)43)20-50(34(30)52)29-15-27(39(17-25(3)18-39)35-45-44-24-46(35)7)14-28(16-29)49(9-2)36(53)54-37(4,5)6/h8,12-16,24-25,34,52H,1,9-11,17-23H2,2-7H3. The molecule has 1 spiro atoms. The molecule has 4 aliphatic rings. The number of rotatable bonds is 8. The summed E-state index contributed by atoms with van der Waals surface area (Å²) in [6.45, 7) is 15.9. The van der Waals surface area contributed by atoms with Gasteiger partial charge in [-0.3, -0.25) is 14.6 Å². The summed E-state index contributed by atoms with van der Waals surface area (Å²) >= 11 is 0. The number of fused-ring (bicyclic) bond motifs is 1. The van der Waals surface area contributed by atoms with Crippen molar-refractivity contribution >= 4 is 23.4 Å². The van der Waals surface area contributed by atoms with E-state index in [2.05, 4.69) is 28.6 Å². The van der Waals surface area contributed by atoms with Crippen LogP contribution in [-0.2, 0) is 41.3 Å². The van der Waals surface area contributed by atoms with Gasteiger partial charge >= 0.3 is 12.3 Å². The van der Waals surface area contributed by atoms with Crippen molar-refractivity contribution in [2.24, 2.45) is 18.4 Å². The van der Waals surface area contributed by atoms with Gasteiger partial charge in [-0.25, -0.2) is 4.79 Å². The smallest absolute Gasteiger partial charge is 0.416 e. The van der Waals surface area contributed by atoms with E-state index < -0.39 is 35.1 Å². The zero-order valence-corrected chi connectivity index (χ0v) is 31.9. The Kier molecular flexibility index (Phi) is 9.40. The van der Waals surface area contributed by atoms with Gasteiger partial charge in [0.15, 0.2) is 6.23 Å². The number of hydrogen-bond donors (Lipinski definition) is 1. The highest BCUT2D eigenvalue weighted by Gasteiger charge is 2.50. The van der Waals surface area contributed by atoms with Crippen LogP contribution in [0.1, 0.15) is 93.8 Å². The van der Waals surface area contributed by atoms with Crippen molar-refractivity contribution in [3.05, 3.63) is 83.0 Å². The average molecular weight is 750 g/mol. The SMILES string of the molecule is C=CC(=O)N1CC2(CCN(Cc3cc4c(c(C(F)(F)F)c3)CN(c3cc(N(CC)C(=O)OC(C)(C)C)cc(C5(c6nncn6C)CC(C)C5)c3)C4O)C2)C1. The Morgan fingerprint density at radius 2 is 1.83 bits per heavy atom. The molecule has 1 aliphatic carbocycles. The molecule has 11 nitrogen and oxygen atoms in total. The molecule has 14 heteroatoms. The van der Waals surface area contributed by atoms with Crippen molar-refractivity contribution < 1.29 is 32.6 Å². The van der Waals surface area contributed by atoms with Gasteiger partial charge in [-0.2, -0.15) is 13.2 Å². The molecule has 1 unspecified atom stereocenters. The van der Waals surface area contributed by atoms with Gasteiger partial charge in [0.2, 0.25) is 5.91 Å². The first-order valence-corrected chi connectivity index (χ1v) is 18.7. The first kappa shape index (κ1) is 37.9. The van der Waals surface area contributed by atoms with E-state index in [0.717, 1.165) is 30.7 Å². The molecule has 3 fully saturated rings. The maximum Gasteiger partial charge on any atom is 0.416 e. The predicted molar refractivity (Wildman–Crippen MR) is 198 cm³/mol. The number of likely N-dealkylation sites (tertiary alicyclic amines) is 2. The molecule has 1 atom stereocenters. The number of anilines is 2. The van der Waals surface area contributed by atoms with Crippen LogP contribution in [0.4, 0.5) is 29.3 Å². The summed E-state index contributed by atoms with van der Waals surface area (Å²) in [5.41, 5.74) is 0.388. The molecule has 2 amide bonds. The first-order valence-electron chi connectivity index (χ1n) is 18.7. The molecule has 290 valence electrons. The van der Waals surface area contributed by atoms with Gasteiger partial charge in [-0.1, -0.05) is 13.5 Å².